The minimum Gasteiger partial charge on any atom is -0.271 e. The molecule has 1 heterocycles. The number of nitrogens with zero attached hydrogens (tertiary/aromatic N) is 2. The first-order valence-corrected chi connectivity index (χ1v) is 7.27. The van der Waals surface area contributed by atoms with Crippen molar-refractivity contribution >= 4 is 23.2 Å². The standard InChI is InChI=1S/C14H18Cl2N4/c1-3-6-20-14(12(16)8-18-20)13(19-17)11-5-4-10(15)7-9(11)2/h4-5,7-8,13,19H,3,6,17H2,1-2H3. The highest BCUT2D eigenvalue weighted by molar-refractivity contribution is 6.31. The quantitative estimate of drug-likeness (QED) is 0.656. The molecular formula is C14H18Cl2N4. The third-order valence-corrected chi connectivity index (χ3v) is 3.78. The van der Waals surface area contributed by atoms with E-state index in [1.54, 1.807) is 6.20 Å². The smallest absolute Gasteiger partial charge is 0.0896 e. The average molecular weight is 313 g/mol. The Kier molecular flexibility index (Phi) is 5.05. The van der Waals surface area contributed by atoms with Crippen LogP contribution in [0.1, 0.15) is 36.2 Å². The van der Waals surface area contributed by atoms with E-state index in [2.05, 4.69) is 17.4 Å². The molecule has 0 saturated heterocycles. The van der Waals surface area contributed by atoms with E-state index in [4.69, 9.17) is 29.0 Å². The predicted molar refractivity (Wildman–Crippen MR) is 82.9 cm³/mol. The number of nitrogens with one attached hydrogen (secondary N) is 1. The highest BCUT2D eigenvalue weighted by Gasteiger charge is 2.22. The van der Waals surface area contributed by atoms with Gasteiger partial charge in [-0.05, 0) is 36.6 Å². The molecule has 1 aromatic heterocycles. The molecule has 0 aliphatic rings. The van der Waals surface area contributed by atoms with E-state index in [0.717, 1.165) is 29.8 Å². The fraction of sp³-hybridized carbons (Fsp3) is 0.357. The summed E-state index contributed by atoms with van der Waals surface area (Å²) in [7, 11) is 0. The van der Waals surface area contributed by atoms with Crippen molar-refractivity contribution in [3.63, 3.8) is 0 Å². The molecular weight excluding hydrogens is 295 g/mol. The van der Waals surface area contributed by atoms with Crippen molar-refractivity contribution in [3.05, 3.63) is 51.3 Å². The van der Waals surface area contributed by atoms with Gasteiger partial charge in [-0.25, -0.2) is 5.43 Å². The van der Waals surface area contributed by atoms with E-state index in [1.165, 1.54) is 0 Å². The Morgan fingerprint density at radius 1 is 1.40 bits per heavy atom. The van der Waals surface area contributed by atoms with Gasteiger partial charge in [-0.1, -0.05) is 36.2 Å². The van der Waals surface area contributed by atoms with Gasteiger partial charge in [0.15, 0.2) is 0 Å². The first-order valence-electron chi connectivity index (χ1n) is 6.51. The summed E-state index contributed by atoms with van der Waals surface area (Å²) in [4.78, 5) is 0. The number of hydrogen-bond donors (Lipinski definition) is 2. The van der Waals surface area contributed by atoms with Gasteiger partial charge >= 0.3 is 0 Å². The Bertz CT molecular complexity index is 595. The van der Waals surface area contributed by atoms with Crippen molar-refractivity contribution in [2.24, 2.45) is 5.84 Å². The molecule has 3 N–H and O–H groups in total. The lowest BCUT2D eigenvalue weighted by Gasteiger charge is -2.20. The van der Waals surface area contributed by atoms with E-state index < -0.39 is 0 Å². The van der Waals surface area contributed by atoms with Crippen LogP contribution in [0.3, 0.4) is 0 Å². The molecule has 1 atom stereocenters. The van der Waals surface area contributed by atoms with Gasteiger partial charge < -0.3 is 0 Å². The summed E-state index contributed by atoms with van der Waals surface area (Å²) in [5, 5.41) is 5.62. The number of nitrogens with two attached hydrogens (primary N) is 1. The molecule has 20 heavy (non-hydrogen) atoms. The highest BCUT2D eigenvalue weighted by Crippen LogP contribution is 2.30. The largest absolute Gasteiger partial charge is 0.271 e. The van der Waals surface area contributed by atoms with Gasteiger partial charge in [0.1, 0.15) is 0 Å². The van der Waals surface area contributed by atoms with Crippen LogP contribution in [0, 0.1) is 6.92 Å². The maximum Gasteiger partial charge on any atom is 0.0896 e. The zero-order chi connectivity index (χ0) is 14.7. The van der Waals surface area contributed by atoms with Crippen LogP contribution in [-0.2, 0) is 6.54 Å². The molecule has 2 aromatic rings. The average Bonchev–Trinajstić information content (AvgIpc) is 2.75. The fourth-order valence-electron chi connectivity index (χ4n) is 2.33. The lowest BCUT2D eigenvalue weighted by Crippen LogP contribution is -2.31. The first kappa shape index (κ1) is 15.3. The third kappa shape index (κ3) is 2.99. The van der Waals surface area contributed by atoms with Crippen LogP contribution in [0.2, 0.25) is 10.0 Å². The fourth-order valence-corrected chi connectivity index (χ4v) is 2.80. The van der Waals surface area contributed by atoms with Gasteiger partial charge in [0.2, 0.25) is 0 Å². The van der Waals surface area contributed by atoms with Crippen LogP contribution < -0.4 is 11.3 Å². The topological polar surface area (TPSA) is 55.9 Å². The monoisotopic (exact) mass is 312 g/mol. The first-order chi connectivity index (χ1) is 9.58. The number of aromatic nitrogens is 2. The van der Waals surface area contributed by atoms with Gasteiger partial charge in [-0.2, -0.15) is 5.10 Å². The lowest BCUT2D eigenvalue weighted by molar-refractivity contribution is 0.520. The van der Waals surface area contributed by atoms with Crippen molar-refractivity contribution < 1.29 is 0 Å². The molecule has 0 aliphatic heterocycles. The molecule has 1 unspecified atom stereocenters. The normalized spacial score (nSPS) is 12.7. The summed E-state index contributed by atoms with van der Waals surface area (Å²) < 4.78 is 1.89. The van der Waals surface area contributed by atoms with Crippen LogP contribution in [0.15, 0.2) is 24.4 Å². The second-order valence-electron chi connectivity index (χ2n) is 4.70. The van der Waals surface area contributed by atoms with Gasteiger partial charge in [0.05, 0.1) is 23.0 Å². The van der Waals surface area contributed by atoms with Crippen molar-refractivity contribution in [1.29, 1.82) is 0 Å². The van der Waals surface area contributed by atoms with E-state index >= 15 is 0 Å². The van der Waals surface area contributed by atoms with Crippen LogP contribution >= 0.6 is 23.2 Å². The number of hydrazine groups is 1. The molecule has 0 spiro atoms. The zero-order valence-electron chi connectivity index (χ0n) is 11.5. The summed E-state index contributed by atoms with van der Waals surface area (Å²) in [5.41, 5.74) is 5.80. The van der Waals surface area contributed by atoms with Crippen LogP contribution in [-0.4, -0.2) is 9.78 Å². The Labute approximate surface area is 128 Å². The van der Waals surface area contributed by atoms with E-state index in [-0.39, 0.29) is 6.04 Å². The predicted octanol–water partition coefficient (Wildman–Crippen LogP) is 3.46. The molecule has 4 nitrogen and oxygen atoms in total. The number of hydrogen-bond acceptors (Lipinski definition) is 3. The number of aryl methyl sites for hydroxylation is 2. The van der Waals surface area contributed by atoms with Crippen molar-refractivity contribution in [1.82, 2.24) is 15.2 Å². The summed E-state index contributed by atoms with van der Waals surface area (Å²) in [6, 6.07) is 5.51. The minimum absolute atomic E-state index is 0.214. The number of benzene rings is 1. The minimum atomic E-state index is -0.214. The highest BCUT2D eigenvalue weighted by atomic mass is 35.5. The molecule has 0 saturated carbocycles. The van der Waals surface area contributed by atoms with Gasteiger partial charge in [0, 0.05) is 11.6 Å². The van der Waals surface area contributed by atoms with Crippen molar-refractivity contribution in [2.75, 3.05) is 0 Å². The van der Waals surface area contributed by atoms with Crippen LogP contribution in [0.4, 0.5) is 0 Å². The lowest BCUT2D eigenvalue weighted by atomic mass is 9.99. The van der Waals surface area contributed by atoms with E-state index in [9.17, 15) is 0 Å². The molecule has 108 valence electrons. The Hall–Kier alpha value is -1.07. The molecule has 6 heteroatoms. The molecule has 0 radical (unpaired) electrons. The summed E-state index contributed by atoms with van der Waals surface area (Å²) in [5.74, 6) is 5.75. The van der Waals surface area contributed by atoms with Gasteiger partial charge in [0.25, 0.3) is 0 Å². The van der Waals surface area contributed by atoms with Gasteiger partial charge in [-0.15, -0.1) is 0 Å². The Morgan fingerprint density at radius 2 is 2.15 bits per heavy atom. The van der Waals surface area contributed by atoms with E-state index in [1.807, 2.05) is 29.8 Å². The number of rotatable bonds is 5. The van der Waals surface area contributed by atoms with Crippen molar-refractivity contribution in [2.45, 2.75) is 32.9 Å². The SMILES string of the molecule is CCCn1ncc(Cl)c1C(NN)c1ccc(Cl)cc1C. The summed E-state index contributed by atoms with van der Waals surface area (Å²) in [6.07, 6.45) is 2.63. The van der Waals surface area contributed by atoms with E-state index in [0.29, 0.717) is 10.0 Å². The van der Waals surface area contributed by atoms with Crippen LogP contribution in [0.25, 0.3) is 0 Å². The maximum atomic E-state index is 6.28. The molecule has 2 rings (SSSR count). The Morgan fingerprint density at radius 3 is 2.75 bits per heavy atom. The molecule has 0 amide bonds. The van der Waals surface area contributed by atoms with Crippen LogP contribution in [0.5, 0.6) is 0 Å². The summed E-state index contributed by atoms with van der Waals surface area (Å²) >= 11 is 12.3. The zero-order valence-corrected chi connectivity index (χ0v) is 13.0. The third-order valence-electron chi connectivity index (χ3n) is 3.25. The summed E-state index contributed by atoms with van der Waals surface area (Å²) in [6.45, 7) is 4.89. The molecule has 0 fully saturated rings. The molecule has 1 aromatic carbocycles. The Balaban J connectivity index is 2.49. The second-order valence-corrected chi connectivity index (χ2v) is 5.55. The van der Waals surface area contributed by atoms with Gasteiger partial charge in [-0.3, -0.25) is 10.5 Å². The molecule has 0 aliphatic carbocycles. The van der Waals surface area contributed by atoms with Crippen molar-refractivity contribution in [3.8, 4) is 0 Å². The number of halogens is 2. The second kappa shape index (κ2) is 6.59. The maximum absolute atomic E-state index is 6.28. The molecule has 0 bridgehead atoms.